The Balaban J connectivity index is 2.16. The van der Waals surface area contributed by atoms with E-state index in [-0.39, 0.29) is 5.56 Å². The fraction of sp³-hybridized carbons (Fsp3) is 0.111. The van der Waals surface area contributed by atoms with E-state index in [1.54, 1.807) is 4.68 Å². The van der Waals surface area contributed by atoms with E-state index in [0.717, 1.165) is 27.7 Å². The van der Waals surface area contributed by atoms with E-state index in [9.17, 15) is 4.79 Å². The number of pyridine rings is 1. The van der Waals surface area contributed by atoms with Crippen LogP contribution in [0, 0.1) is 13.8 Å². The Morgan fingerprint density at radius 3 is 2.74 bits per heavy atom. The molecule has 2 heterocycles. The molecule has 0 unspecified atom stereocenters. The number of anilines is 1. The number of hydrogen-bond donors (Lipinski definition) is 2. The van der Waals surface area contributed by atoms with Crippen LogP contribution in [0.1, 0.15) is 11.1 Å². The molecule has 5 heteroatoms. The van der Waals surface area contributed by atoms with Gasteiger partial charge in [0.1, 0.15) is 16.7 Å². The number of nitrogens with one attached hydrogen (secondary N) is 1. The maximum absolute atomic E-state index is 12.4. The molecule has 0 radical (unpaired) electrons. The second kappa shape index (κ2) is 4.71. The number of hydrogen-bond acceptors (Lipinski definition) is 3. The van der Waals surface area contributed by atoms with Crippen molar-refractivity contribution in [1.29, 1.82) is 0 Å². The Hall–Kier alpha value is -3.08. The minimum Gasteiger partial charge on any atom is -0.383 e. The lowest BCUT2D eigenvalue weighted by Gasteiger charge is -2.08. The Morgan fingerprint density at radius 2 is 1.91 bits per heavy atom. The lowest BCUT2D eigenvalue weighted by Crippen LogP contribution is -2.08. The van der Waals surface area contributed by atoms with Crippen molar-refractivity contribution in [3.05, 3.63) is 63.9 Å². The largest absolute Gasteiger partial charge is 0.383 e. The summed E-state index contributed by atoms with van der Waals surface area (Å²) in [5.41, 5.74) is 10.5. The zero-order valence-electron chi connectivity index (χ0n) is 12.9. The average Bonchev–Trinajstić information content (AvgIpc) is 2.88. The summed E-state index contributed by atoms with van der Waals surface area (Å²) in [4.78, 5) is 15.3. The fourth-order valence-electron chi connectivity index (χ4n) is 2.96. The smallest absolute Gasteiger partial charge is 0.261 e. The van der Waals surface area contributed by atoms with Crippen LogP contribution in [0.25, 0.3) is 27.5 Å². The highest BCUT2D eigenvalue weighted by Gasteiger charge is 2.17. The molecule has 0 aliphatic heterocycles. The van der Waals surface area contributed by atoms with Crippen LogP contribution >= 0.6 is 0 Å². The lowest BCUT2D eigenvalue weighted by molar-refractivity contribution is 0.898. The summed E-state index contributed by atoms with van der Waals surface area (Å²) in [6.45, 7) is 4.02. The Morgan fingerprint density at radius 1 is 1.13 bits per heavy atom. The molecule has 3 N–H and O–H groups in total. The van der Waals surface area contributed by atoms with Crippen LogP contribution in [0.4, 0.5) is 5.82 Å². The highest BCUT2D eigenvalue weighted by Crippen LogP contribution is 2.27. The van der Waals surface area contributed by atoms with Gasteiger partial charge in [-0.05, 0) is 37.1 Å². The van der Waals surface area contributed by atoms with Crippen molar-refractivity contribution in [3.8, 4) is 5.69 Å². The van der Waals surface area contributed by atoms with Crippen LogP contribution in [0.2, 0.25) is 0 Å². The van der Waals surface area contributed by atoms with Crippen LogP contribution in [0.3, 0.4) is 0 Å². The monoisotopic (exact) mass is 304 g/mol. The van der Waals surface area contributed by atoms with Crippen LogP contribution in [0.15, 0.2) is 47.3 Å². The molecule has 114 valence electrons. The van der Waals surface area contributed by atoms with Crippen molar-refractivity contribution < 1.29 is 0 Å². The van der Waals surface area contributed by atoms with Gasteiger partial charge in [-0.2, -0.15) is 5.10 Å². The number of para-hydroxylation sites is 1. The first-order valence-corrected chi connectivity index (χ1v) is 7.43. The molecule has 0 aliphatic rings. The third-order valence-corrected chi connectivity index (χ3v) is 4.17. The minimum absolute atomic E-state index is 0.215. The molecule has 0 saturated carbocycles. The summed E-state index contributed by atoms with van der Waals surface area (Å²) >= 11 is 0. The van der Waals surface area contributed by atoms with Gasteiger partial charge in [0.25, 0.3) is 5.56 Å². The van der Waals surface area contributed by atoms with E-state index in [4.69, 9.17) is 5.73 Å². The second-order valence-corrected chi connectivity index (χ2v) is 5.81. The van der Waals surface area contributed by atoms with E-state index >= 15 is 0 Å². The Bertz CT molecular complexity index is 1120. The zero-order chi connectivity index (χ0) is 16.1. The maximum atomic E-state index is 12.4. The first-order chi connectivity index (χ1) is 11.1. The highest BCUT2D eigenvalue weighted by atomic mass is 16.1. The van der Waals surface area contributed by atoms with Crippen LogP contribution in [-0.2, 0) is 0 Å². The van der Waals surface area contributed by atoms with Gasteiger partial charge in [-0.1, -0.05) is 30.3 Å². The zero-order valence-corrected chi connectivity index (χ0v) is 12.9. The molecule has 0 amide bonds. The molecule has 5 nitrogen and oxygen atoms in total. The van der Waals surface area contributed by atoms with Crippen LogP contribution in [0.5, 0.6) is 0 Å². The summed E-state index contributed by atoms with van der Waals surface area (Å²) < 4.78 is 1.66. The van der Waals surface area contributed by atoms with Crippen molar-refractivity contribution in [1.82, 2.24) is 14.8 Å². The molecular weight excluding hydrogens is 288 g/mol. The van der Waals surface area contributed by atoms with Gasteiger partial charge in [0.2, 0.25) is 0 Å². The Kier molecular flexibility index (Phi) is 2.78. The Labute approximate surface area is 132 Å². The molecule has 2 aromatic carbocycles. The number of fused-ring (bicyclic) bond motifs is 3. The molecular formula is C18H16N4O. The van der Waals surface area contributed by atoms with E-state index in [0.29, 0.717) is 16.7 Å². The first-order valence-electron chi connectivity index (χ1n) is 7.43. The molecule has 23 heavy (non-hydrogen) atoms. The first kappa shape index (κ1) is 13.6. The molecule has 0 saturated heterocycles. The van der Waals surface area contributed by atoms with Gasteiger partial charge < -0.3 is 10.7 Å². The molecule has 2 aromatic heterocycles. The van der Waals surface area contributed by atoms with Crippen LogP contribution in [-0.4, -0.2) is 14.8 Å². The molecule has 0 fully saturated rings. The number of aryl methyl sites for hydroxylation is 2. The van der Waals surface area contributed by atoms with E-state index in [1.165, 1.54) is 0 Å². The topological polar surface area (TPSA) is 76.7 Å². The third kappa shape index (κ3) is 1.93. The number of nitrogens with two attached hydrogens (primary N) is 1. The van der Waals surface area contributed by atoms with E-state index in [1.807, 2.05) is 56.3 Å². The van der Waals surface area contributed by atoms with Gasteiger partial charge in [-0.25, -0.2) is 4.68 Å². The van der Waals surface area contributed by atoms with Gasteiger partial charge in [-0.15, -0.1) is 0 Å². The van der Waals surface area contributed by atoms with Crippen molar-refractivity contribution >= 4 is 27.6 Å². The number of nitrogen functional groups attached to an aromatic ring is 1. The van der Waals surface area contributed by atoms with E-state index < -0.39 is 0 Å². The van der Waals surface area contributed by atoms with Gasteiger partial charge in [0.05, 0.1) is 11.2 Å². The molecule has 4 rings (SSSR count). The van der Waals surface area contributed by atoms with Crippen molar-refractivity contribution in [3.63, 3.8) is 0 Å². The summed E-state index contributed by atoms with van der Waals surface area (Å²) in [5.74, 6) is 0.362. The summed E-state index contributed by atoms with van der Waals surface area (Å²) in [6, 6.07) is 13.7. The van der Waals surface area contributed by atoms with Crippen LogP contribution < -0.4 is 11.3 Å². The second-order valence-electron chi connectivity index (χ2n) is 5.81. The van der Waals surface area contributed by atoms with Gasteiger partial charge >= 0.3 is 0 Å². The average molecular weight is 304 g/mol. The van der Waals surface area contributed by atoms with Crippen molar-refractivity contribution in [2.24, 2.45) is 0 Å². The molecule has 0 aliphatic carbocycles. The molecule has 0 bridgehead atoms. The molecule has 0 spiro atoms. The number of benzene rings is 2. The van der Waals surface area contributed by atoms with Crippen molar-refractivity contribution in [2.75, 3.05) is 5.73 Å². The third-order valence-electron chi connectivity index (χ3n) is 4.17. The van der Waals surface area contributed by atoms with Crippen molar-refractivity contribution in [2.45, 2.75) is 13.8 Å². The minimum atomic E-state index is -0.215. The number of aromatic nitrogens is 3. The van der Waals surface area contributed by atoms with Gasteiger partial charge in [0.15, 0.2) is 0 Å². The number of aromatic amines is 1. The highest BCUT2D eigenvalue weighted by molar-refractivity contribution is 6.06. The quantitative estimate of drug-likeness (QED) is 0.567. The SMILES string of the molecule is Cc1ccc(C)c(-n2nc3c(c2N)c(=O)[nH]c2ccccc23)c1. The normalized spacial score (nSPS) is 11.4. The summed E-state index contributed by atoms with van der Waals surface area (Å²) in [7, 11) is 0. The van der Waals surface area contributed by atoms with E-state index in [2.05, 4.69) is 10.1 Å². The number of rotatable bonds is 1. The number of nitrogens with zero attached hydrogens (tertiary/aromatic N) is 2. The predicted molar refractivity (Wildman–Crippen MR) is 93.1 cm³/mol. The van der Waals surface area contributed by atoms with Gasteiger partial charge in [-0.3, -0.25) is 4.79 Å². The standard InChI is InChI=1S/C18H16N4O/c1-10-7-8-11(2)14(9-10)22-17(19)15-16(21-22)12-5-3-4-6-13(12)20-18(15)23/h3-9H,19H2,1-2H3,(H,20,23). The van der Waals surface area contributed by atoms with Gasteiger partial charge in [0, 0.05) is 5.39 Å². The predicted octanol–water partition coefficient (Wildman–Crippen LogP) is 3.07. The lowest BCUT2D eigenvalue weighted by atomic mass is 10.1. The summed E-state index contributed by atoms with van der Waals surface area (Å²) in [5, 5.41) is 5.97. The molecule has 0 atom stereocenters. The maximum Gasteiger partial charge on any atom is 0.261 e. The number of H-pyrrole nitrogens is 1. The molecule has 4 aromatic rings. The fourth-order valence-corrected chi connectivity index (χ4v) is 2.96. The summed E-state index contributed by atoms with van der Waals surface area (Å²) in [6.07, 6.45) is 0.